The number of nitrogens with one attached hydrogen (secondary N) is 1. The molecule has 0 unspecified atom stereocenters. The van der Waals surface area contributed by atoms with Gasteiger partial charge in [-0.05, 0) is 40.2 Å². The lowest BCUT2D eigenvalue weighted by Gasteiger charge is -2.09. The van der Waals surface area contributed by atoms with Crippen molar-refractivity contribution in [3.8, 4) is 0 Å². The van der Waals surface area contributed by atoms with Crippen molar-refractivity contribution in [1.82, 2.24) is 19.6 Å². The largest absolute Gasteiger partial charge is 0.324 e. The van der Waals surface area contributed by atoms with Crippen LogP contribution in [-0.2, 0) is 11.2 Å². The van der Waals surface area contributed by atoms with Crippen molar-refractivity contribution in [3.63, 3.8) is 0 Å². The van der Waals surface area contributed by atoms with Gasteiger partial charge in [0, 0.05) is 10.9 Å². The summed E-state index contributed by atoms with van der Waals surface area (Å²) in [4.78, 5) is 17.1. The minimum atomic E-state index is -0.102. The molecule has 0 saturated carbocycles. The summed E-state index contributed by atoms with van der Waals surface area (Å²) in [5, 5.41) is 12.2. The number of carbonyl (C=O) groups excluding carboxylic acids is 1. The summed E-state index contributed by atoms with van der Waals surface area (Å²) in [6.07, 6.45) is 0.766. The maximum atomic E-state index is 12.4. The summed E-state index contributed by atoms with van der Waals surface area (Å²) in [6.45, 7) is 2.05. The fourth-order valence-electron chi connectivity index (χ4n) is 2.82. The monoisotopic (exact) mass is 441 g/mol. The molecule has 1 N–H and O–H groups in total. The van der Waals surface area contributed by atoms with Crippen LogP contribution in [0.2, 0.25) is 0 Å². The summed E-state index contributed by atoms with van der Waals surface area (Å²) >= 11 is 4.80. The first-order valence-electron chi connectivity index (χ1n) is 8.47. The van der Waals surface area contributed by atoms with E-state index in [0.717, 1.165) is 33.4 Å². The van der Waals surface area contributed by atoms with Crippen molar-refractivity contribution < 1.29 is 4.79 Å². The number of para-hydroxylation sites is 3. The van der Waals surface area contributed by atoms with E-state index in [1.807, 2.05) is 59.9 Å². The van der Waals surface area contributed by atoms with E-state index in [4.69, 9.17) is 4.98 Å². The summed E-state index contributed by atoms with van der Waals surface area (Å²) in [6, 6.07) is 15.4. The molecule has 2 aromatic heterocycles. The highest BCUT2D eigenvalue weighted by atomic mass is 79.9. The van der Waals surface area contributed by atoms with Crippen LogP contribution in [0.3, 0.4) is 0 Å². The van der Waals surface area contributed by atoms with Crippen LogP contribution in [0.1, 0.15) is 12.7 Å². The molecule has 0 saturated heterocycles. The number of benzene rings is 2. The number of thioether (sulfide) groups is 1. The van der Waals surface area contributed by atoms with Crippen LogP contribution in [0, 0.1) is 0 Å². The number of rotatable bonds is 5. The van der Waals surface area contributed by atoms with Gasteiger partial charge in [-0.15, -0.1) is 10.2 Å². The Bertz CT molecular complexity index is 1140. The molecular formula is C19H16BrN5OS. The van der Waals surface area contributed by atoms with Gasteiger partial charge >= 0.3 is 0 Å². The molecule has 4 aromatic rings. The molecule has 0 atom stereocenters. The fourth-order valence-corrected chi connectivity index (χ4v) is 3.97. The first-order valence-corrected chi connectivity index (χ1v) is 10.2. The quantitative estimate of drug-likeness (QED) is 0.466. The molecule has 6 nitrogen and oxygen atoms in total. The second-order valence-corrected chi connectivity index (χ2v) is 7.67. The Kier molecular flexibility index (Phi) is 5.09. The number of hydrogen-bond acceptors (Lipinski definition) is 5. The van der Waals surface area contributed by atoms with Gasteiger partial charge in [-0.2, -0.15) is 0 Å². The third-order valence-corrected chi connectivity index (χ3v) is 5.72. The topological polar surface area (TPSA) is 72.2 Å². The highest BCUT2D eigenvalue weighted by molar-refractivity contribution is 9.10. The minimum Gasteiger partial charge on any atom is -0.324 e. The van der Waals surface area contributed by atoms with Gasteiger partial charge in [-0.1, -0.05) is 43.0 Å². The van der Waals surface area contributed by atoms with Crippen molar-refractivity contribution in [1.29, 1.82) is 0 Å². The molecule has 8 heteroatoms. The predicted octanol–water partition coefficient (Wildman–Crippen LogP) is 4.33. The van der Waals surface area contributed by atoms with E-state index in [9.17, 15) is 4.79 Å². The van der Waals surface area contributed by atoms with Crippen LogP contribution in [0.25, 0.3) is 16.7 Å². The van der Waals surface area contributed by atoms with E-state index in [-0.39, 0.29) is 11.7 Å². The lowest BCUT2D eigenvalue weighted by atomic mass is 10.3. The fraction of sp³-hybridized carbons (Fsp3) is 0.158. The van der Waals surface area contributed by atoms with E-state index in [1.54, 1.807) is 0 Å². The lowest BCUT2D eigenvalue weighted by molar-refractivity contribution is -0.113. The van der Waals surface area contributed by atoms with Crippen LogP contribution in [0.15, 0.2) is 58.0 Å². The summed E-state index contributed by atoms with van der Waals surface area (Å²) < 4.78 is 2.87. The summed E-state index contributed by atoms with van der Waals surface area (Å²) in [5.41, 5.74) is 3.25. The number of halogens is 1. The maximum Gasteiger partial charge on any atom is 0.234 e. The van der Waals surface area contributed by atoms with Crippen LogP contribution in [0.5, 0.6) is 0 Å². The van der Waals surface area contributed by atoms with E-state index in [1.165, 1.54) is 11.8 Å². The second-order valence-electron chi connectivity index (χ2n) is 5.85. The molecule has 0 aliphatic heterocycles. The Morgan fingerprint density at radius 1 is 1.15 bits per heavy atom. The van der Waals surface area contributed by atoms with Gasteiger partial charge in [0.1, 0.15) is 10.9 Å². The van der Waals surface area contributed by atoms with Crippen LogP contribution in [0.4, 0.5) is 5.69 Å². The number of carbonyl (C=O) groups is 1. The van der Waals surface area contributed by atoms with E-state index in [2.05, 4.69) is 31.4 Å². The summed E-state index contributed by atoms with van der Waals surface area (Å²) in [7, 11) is 0. The van der Waals surface area contributed by atoms with Crippen LogP contribution in [-0.4, -0.2) is 31.2 Å². The van der Waals surface area contributed by atoms with Gasteiger partial charge in [0.05, 0.1) is 22.5 Å². The Balaban J connectivity index is 1.62. The molecule has 0 bridgehead atoms. The van der Waals surface area contributed by atoms with Gasteiger partial charge in [0.2, 0.25) is 5.91 Å². The van der Waals surface area contributed by atoms with Gasteiger partial charge in [0.25, 0.3) is 0 Å². The van der Waals surface area contributed by atoms with Crippen molar-refractivity contribution in [2.45, 2.75) is 18.4 Å². The average molecular weight is 442 g/mol. The van der Waals surface area contributed by atoms with Gasteiger partial charge in [-0.25, -0.2) is 4.98 Å². The SMILES string of the molecule is CCc1nnc2c(SCC(=O)Nc3ccccc3Br)nc3ccccc3n12. The molecule has 4 rings (SSSR count). The number of amides is 1. The van der Waals surface area contributed by atoms with Crippen molar-refractivity contribution in [2.24, 2.45) is 0 Å². The van der Waals surface area contributed by atoms with Crippen molar-refractivity contribution in [2.75, 3.05) is 11.1 Å². The predicted molar refractivity (Wildman–Crippen MR) is 111 cm³/mol. The Morgan fingerprint density at radius 3 is 2.74 bits per heavy atom. The molecule has 1 amide bonds. The normalized spacial score (nSPS) is 11.2. The molecule has 0 radical (unpaired) electrons. The second kappa shape index (κ2) is 7.66. The number of aryl methyl sites for hydroxylation is 1. The zero-order valence-electron chi connectivity index (χ0n) is 14.5. The standard InChI is InChI=1S/C19H16BrN5OS/c1-2-16-23-24-18-19(22-14-9-5-6-10-15(14)25(16)18)27-11-17(26)21-13-8-4-3-7-12(13)20/h3-10H,2,11H2,1H3,(H,21,26). The number of fused-ring (bicyclic) bond motifs is 3. The Morgan fingerprint density at radius 2 is 1.93 bits per heavy atom. The molecular weight excluding hydrogens is 426 g/mol. The number of anilines is 1. The van der Waals surface area contributed by atoms with Crippen molar-refractivity contribution >= 4 is 56.0 Å². The molecule has 0 spiro atoms. The van der Waals surface area contributed by atoms with Crippen molar-refractivity contribution in [3.05, 3.63) is 58.8 Å². The zero-order chi connectivity index (χ0) is 18.8. The first kappa shape index (κ1) is 17.9. The molecule has 136 valence electrons. The van der Waals surface area contributed by atoms with Crippen LogP contribution >= 0.6 is 27.7 Å². The van der Waals surface area contributed by atoms with E-state index >= 15 is 0 Å². The highest BCUT2D eigenvalue weighted by Gasteiger charge is 2.16. The molecule has 0 fully saturated rings. The van der Waals surface area contributed by atoms with E-state index in [0.29, 0.717) is 10.7 Å². The number of aromatic nitrogens is 4. The molecule has 0 aliphatic carbocycles. The zero-order valence-corrected chi connectivity index (χ0v) is 16.9. The first-order chi connectivity index (χ1) is 13.2. The van der Waals surface area contributed by atoms with Gasteiger partial charge in [-0.3, -0.25) is 9.20 Å². The van der Waals surface area contributed by atoms with Gasteiger partial charge < -0.3 is 5.32 Å². The minimum absolute atomic E-state index is 0.102. The Hall–Kier alpha value is -2.45. The lowest BCUT2D eigenvalue weighted by Crippen LogP contribution is -2.14. The van der Waals surface area contributed by atoms with Gasteiger partial charge in [0.15, 0.2) is 5.65 Å². The molecule has 0 aliphatic rings. The number of hydrogen-bond donors (Lipinski definition) is 1. The average Bonchev–Trinajstić information content (AvgIpc) is 3.12. The molecule has 2 heterocycles. The Labute approximate surface area is 168 Å². The van der Waals surface area contributed by atoms with E-state index < -0.39 is 0 Å². The third-order valence-electron chi connectivity index (χ3n) is 4.07. The molecule has 2 aromatic carbocycles. The molecule has 27 heavy (non-hydrogen) atoms. The number of nitrogens with zero attached hydrogens (tertiary/aromatic N) is 4. The maximum absolute atomic E-state index is 12.4. The smallest absolute Gasteiger partial charge is 0.234 e. The highest BCUT2D eigenvalue weighted by Crippen LogP contribution is 2.27. The third kappa shape index (κ3) is 3.54. The summed E-state index contributed by atoms with van der Waals surface area (Å²) in [5.74, 6) is 1.01. The van der Waals surface area contributed by atoms with Crippen LogP contribution < -0.4 is 5.32 Å².